The highest BCUT2D eigenvalue weighted by Crippen LogP contribution is 2.32. The van der Waals surface area contributed by atoms with E-state index in [1.165, 1.54) is 5.69 Å². The van der Waals surface area contributed by atoms with E-state index >= 15 is 0 Å². The Morgan fingerprint density at radius 2 is 2.20 bits per heavy atom. The number of hydrogen-bond donors (Lipinski definition) is 1. The fourth-order valence-electron chi connectivity index (χ4n) is 3.36. The molecule has 0 aliphatic carbocycles. The van der Waals surface area contributed by atoms with Crippen molar-refractivity contribution < 1.29 is 14.3 Å². The summed E-state index contributed by atoms with van der Waals surface area (Å²) in [7, 11) is 2.02. The van der Waals surface area contributed by atoms with Crippen LogP contribution in [0.2, 0.25) is 0 Å². The number of aromatic nitrogens is 2. The number of nitrogens with one attached hydrogen (secondary N) is 1. The lowest BCUT2D eigenvalue weighted by Gasteiger charge is -2.31. The van der Waals surface area contributed by atoms with E-state index in [-0.39, 0.29) is 18.7 Å². The van der Waals surface area contributed by atoms with E-state index in [0.717, 1.165) is 42.3 Å². The van der Waals surface area contributed by atoms with Gasteiger partial charge >= 0.3 is 0 Å². The number of carbonyl (C=O) groups excluding carboxylic acids is 1. The van der Waals surface area contributed by atoms with Crippen LogP contribution in [0.25, 0.3) is 0 Å². The highest BCUT2D eigenvalue weighted by molar-refractivity contribution is 5.81. The average Bonchev–Trinajstić information content (AvgIpc) is 3.25. The van der Waals surface area contributed by atoms with Crippen LogP contribution >= 0.6 is 0 Å². The second-order valence-electron chi connectivity index (χ2n) is 6.55. The number of carbonyl (C=O) groups is 1. The van der Waals surface area contributed by atoms with Gasteiger partial charge in [0.25, 0.3) is 0 Å². The molecule has 0 saturated carbocycles. The normalized spacial score (nSPS) is 17.2. The summed E-state index contributed by atoms with van der Waals surface area (Å²) in [6.07, 6.45) is 2.77. The van der Waals surface area contributed by atoms with Crippen LogP contribution in [0.4, 0.5) is 0 Å². The lowest BCUT2D eigenvalue weighted by atomic mass is 10.1. The SMILES string of the molecule is C[C@H](C(=O)NCc1ccc2c(c1)OCO2)N1CCc2c(ncn2C)C1. The van der Waals surface area contributed by atoms with Crippen LogP contribution in [0.15, 0.2) is 24.5 Å². The standard InChI is InChI=1S/C18H22N4O3/c1-12(22-6-5-15-14(9-22)20-10-21(15)2)18(23)19-8-13-3-4-16-17(7-13)25-11-24-16/h3-4,7,10,12H,5-6,8-9,11H2,1-2H3,(H,19,23)/t12-/m1/s1. The van der Waals surface area contributed by atoms with Crippen molar-refractivity contribution in [2.45, 2.75) is 32.5 Å². The molecule has 1 aromatic carbocycles. The van der Waals surface area contributed by atoms with Crippen molar-refractivity contribution in [3.63, 3.8) is 0 Å². The Balaban J connectivity index is 1.35. The summed E-state index contributed by atoms with van der Waals surface area (Å²) in [6.45, 7) is 4.26. The maximum absolute atomic E-state index is 12.5. The second kappa shape index (κ2) is 6.40. The van der Waals surface area contributed by atoms with E-state index in [9.17, 15) is 4.79 Å². The Hall–Kier alpha value is -2.54. The average molecular weight is 342 g/mol. The van der Waals surface area contributed by atoms with Crippen LogP contribution in [0, 0.1) is 0 Å². The first-order valence-electron chi connectivity index (χ1n) is 8.51. The molecule has 4 rings (SSSR count). The quantitative estimate of drug-likeness (QED) is 0.905. The van der Waals surface area contributed by atoms with Crippen molar-refractivity contribution in [1.29, 1.82) is 0 Å². The zero-order chi connectivity index (χ0) is 17.4. The predicted molar refractivity (Wildman–Crippen MR) is 91.2 cm³/mol. The molecule has 0 spiro atoms. The third kappa shape index (κ3) is 3.07. The Kier molecular flexibility index (Phi) is 4.09. The maximum atomic E-state index is 12.5. The number of fused-ring (bicyclic) bond motifs is 2. The predicted octanol–water partition coefficient (Wildman–Crippen LogP) is 1.21. The molecule has 2 aliphatic rings. The molecule has 2 aromatic rings. The van der Waals surface area contributed by atoms with Gasteiger partial charge in [0, 0.05) is 38.8 Å². The van der Waals surface area contributed by atoms with Gasteiger partial charge in [0.1, 0.15) is 0 Å². The Morgan fingerprint density at radius 1 is 1.36 bits per heavy atom. The molecule has 0 saturated heterocycles. The molecular weight excluding hydrogens is 320 g/mol. The summed E-state index contributed by atoms with van der Waals surface area (Å²) in [4.78, 5) is 19.1. The third-order valence-corrected chi connectivity index (χ3v) is 4.97. The van der Waals surface area contributed by atoms with Crippen molar-refractivity contribution in [3.05, 3.63) is 41.5 Å². The summed E-state index contributed by atoms with van der Waals surface area (Å²) in [6, 6.07) is 5.54. The van der Waals surface area contributed by atoms with E-state index in [1.807, 2.05) is 38.5 Å². The Labute approximate surface area is 146 Å². The van der Waals surface area contributed by atoms with E-state index in [0.29, 0.717) is 6.54 Å². The van der Waals surface area contributed by atoms with Gasteiger partial charge in [0.15, 0.2) is 11.5 Å². The summed E-state index contributed by atoms with van der Waals surface area (Å²) in [5.74, 6) is 1.51. The molecule has 0 unspecified atom stereocenters. The largest absolute Gasteiger partial charge is 0.454 e. The van der Waals surface area contributed by atoms with Gasteiger partial charge in [-0.15, -0.1) is 0 Å². The molecule has 0 bridgehead atoms. The van der Waals surface area contributed by atoms with Crippen LogP contribution in [-0.4, -0.2) is 39.7 Å². The molecule has 0 fully saturated rings. The Morgan fingerprint density at radius 3 is 3.08 bits per heavy atom. The minimum absolute atomic E-state index is 0.0250. The first-order valence-corrected chi connectivity index (χ1v) is 8.51. The van der Waals surface area contributed by atoms with Crippen molar-refractivity contribution in [3.8, 4) is 11.5 Å². The number of amides is 1. The van der Waals surface area contributed by atoms with Gasteiger partial charge < -0.3 is 19.4 Å². The van der Waals surface area contributed by atoms with Gasteiger partial charge in [-0.2, -0.15) is 0 Å². The van der Waals surface area contributed by atoms with Crippen LogP contribution in [0.5, 0.6) is 11.5 Å². The maximum Gasteiger partial charge on any atom is 0.237 e. The summed E-state index contributed by atoms with van der Waals surface area (Å²) < 4.78 is 12.7. The molecule has 3 heterocycles. The number of hydrogen-bond acceptors (Lipinski definition) is 5. The zero-order valence-corrected chi connectivity index (χ0v) is 14.5. The first-order chi connectivity index (χ1) is 12.1. The lowest BCUT2D eigenvalue weighted by Crippen LogP contribution is -2.47. The van der Waals surface area contributed by atoms with Gasteiger partial charge in [-0.3, -0.25) is 9.69 Å². The minimum atomic E-state index is -0.191. The van der Waals surface area contributed by atoms with Crippen molar-refractivity contribution in [1.82, 2.24) is 19.8 Å². The zero-order valence-electron chi connectivity index (χ0n) is 14.5. The Bertz CT molecular complexity index is 802. The molecule has 1 atom stereocenters. The number of ether oxygens (including phenoxy) is 2. The molecule has 1 N–H and O–H groups in total. The molecule has 0 radical (unpaired) electrons. The molecular formula is C18H22N4O3. The smallest absolute Gasteiger partial charge is 0.237 e. The van der Waals surface area contributed by atoms with Crippen molar-refractivity contribution in [2.24, 2.45) is 7.05 Å². The van der Waals surface area contributed by atoms with Gasteiger partial charge in [0.05, 0.1) is 18.1 Å². The number of nitrogens with zero attached hydrogens (tertiary/aromatic N) is 3. The molecule has 7 nitrogen and oxygen atoms in total. The van der Waals surface area contributed by atoms with Crippen LogP contribution in [-0.2, 0) is 31.4 Å². The van der Waals surface area contributed by atoms with Gasteiger partial charge in [-0.1, -0.05) is 6.07 Å². The molecule has 1 aromatic heterocycles. The number of rotatable bonds is 4. The van der Waals surface area contributed by atoms with Gasteiger partial charge in [0.2, 0.25) is 12.7 Å². The van der Waals surface area contributed by atoms with Crippen LogP contribution < -0.4 is 14.8 Å². The minimum Gasteiger partial charge on any atom is -0.454 e. The molecule has 1 amide bonds. The van der Waals surface area contributed by atoms with E-state index in [2.05, 4.69) is 19.8 Å². The van der Waals surface area contributed by atoms with Crippen molar-refractivity contribution in [2.75, 3.05) is 13.3 Å². The summed E-state index contributed by atoms with van der Waals surface area (Å²) in [5.41, 5.74) is 3.34. The fraction of sp³-hybridized carbons (Fsp3) is 0.444. The highest BCUT2D eigenvalue weighted by Gasteiger charge is 2.27. The van der Waals surface area contributed by atoms with Crippen LogP contribution in [0.3, 0.4) is 0 Å². The molecule has 7 heteroatoms. The van der Waals surface area contributed by atoms with E-state index in [1.54, 1.807) is 0 Å². The molecule has 25 heavy (non-hydrogen) atoms. The van der Waals surface area contributed by atoms with Crippen molar-refractivity contribution >= 4 is 5.91 Å². The van der Waals surface area contributed by atoms with Crippen LogP contribution in [0.1, 0.15) is 23.9 Å². The number of benzene rings is 1. The first kappa shape index (κ1) is 16.0. The van der Waals surface area contributed by atoms with Gasteiger partial charge in [-0.05, 0) is 24.6 Å². The van der Waals surface area contributed by atoms with E-state index in [4.69, 9.17) is 9.47 Å². The molecule has 2 aliphatic heterocycles. The second-order valence-corrected chi connectivity index (χ2v) is 6.55. The topological polar surface area (TPSA) is 68.6 Å². The lowest BCUT2D eigenvalue weighted by molar-refractivity contribution is -0.126. The summed E-state index contributed by atoms with van der Waals surface area (Å²) >= 11 is 0. The van der Waals surface area contributed by atoms with E-state index < -0.39 is 0 Å². The third-order valence-electron chi connectivity index (χ3n) is 4.97. The number of aryl methyl sites for hydroxylation is 1. The monoisotopic (exact) mass is 342 g/mol. The fourth-order valence-corrected chi connectivity index (χ4v) is 3.36. The van der Waals surface area contributed by atoms with Gasteiger partial charge in [-0.25, -0.2) is 4.98 Å². The molecule has 132 valence electrons. The summed E-state index contributed by atoms with van der Waals surface area (Å²) in [5, 5.41) is 3.01. The number of imidazole rings is 1. The highest BCUT2D eigenvalue weighted by atomic mass is 16.7.